The minimum absolute atomic E-state index is 0.517. The van der Waals surface area contributed by atoms with Gasteiger partial charge in [-0.05, 0) is 69.3 Å². The van der Waals surface area contributed by atoms with Crippen LogP contribution in [0.3, 0.4) is 0 Å². The van der Waals surface area contributed by atoms with Crippen LogP contribution in [0.1, 0.15) is 32.3 Å². The smallest absolute Gasteiger partial charge is 0.0410 e. The van der Waals surface area contributed by atoms with Crippen molar-refractivity contribution in [3.05, 3.63) is 28.8 Å². The zero-order valence-corrected chi connectivity index (χ0v) is 12.1. The Kier molecular flexibility index (Phi) is 4.52. The van der Waals surface area contributed by atoms with E-state index in [-0.39, 0.29) is 0 Å². The predicted octanol–water partition coefficient (Wildman–Crippen LogP) is 3.47. The fourth-order valence-electron chi connectivity index (χ4n) is 2.36. The van der Waals surface area contributed by atoms with Crippen LogP contribution in [0.15, 0.2) is 18.2 Å². The normalized spacial score (nSPS) is 15.2. The third kappa shape index (κ3) is 3.39. The molecule has 3 heteroatoms. The Morgan fingerprint density at radius 2 is 2.11 bits per heavy atom. The molecule has 0 spiro atoms. The van der Waals surface area contributed by atoms with Gasteiger partial charge in [0.1, 0.15) is 0 Å². The lowest BCUT2D eigenvalue weighted by atomic mass is 10.1. The van der Waals surface area contributed by atoms with Gasteiger partial charge < -0.3 is 10.6 Å². The van der Waals surface area contributed by atoms with Gasteiger partial charge in [0.25, 0.3) is 0 Å². The molecule has 1 aromatic carbocycles. The maximum Gasteiger partial charge on any atom is 0.0410 e. The first-order valence-electron chi connectivity index (χ1n) is 6.87. The number of nitrogens with two attached hydrogens (primary N) is 1. The number of benzene rings is 1. The highest BCUT2D eigenvalue weighted by atomic mass is 35.5. The van der Waals surface area contributed by atoms with Crippen LogP contribution < -0.4 is 10.6 Å². The molecule has 1 saturated carbocycles. The summed E-state index contributed by atoms with van der Waals surface area (Å²) in [6.45, 7) is 6.34. The summed E-state index contributed by atoms with van der Waals surface area (Å²) in [4.78, 5) is 2.50. The Bertz CT molecular complexity index is 399. The summed E-state index contributed by atoms with van der Waals surface area (Å²) in [5.41, 5.74) is 8.30. The maximum absolute atomic E-state index is 6.10. The lowest BCUT2D eigenvalue weighted by Crippen LogP contribution is -2.33. The Hall–Kier alpha value is -0.730. The van der Waals surface area contributed by atoms with Gasteiger partial charge in [-0.1, -0.05) is 11.6 Å². The van der Waals surface area contributed by atoms with Gasteiger partial charge in [0.05, 0.1) is 0 Å². The molecule has 1 aliphatic carbocycles. The Balaban J connectivity index is 2.26. The molecular weight excluding hydrogens is 244 g/mol. The SMILES string of the molecule is CC(C)N(CC1CC1)c1ccc(Cl)cc1CCN. The molecular formula is C15H23ClN2. The molecule has 0 bridgehead atoms. The molecule has 0 atom stereocenters. The molecule has 0 radical (unpaired) electrons. The second-order valence-corrected chi connectivity index (χ2v) is 5.94. The van der Waals surface area contributed by atoms with Crippen LogP contribution in [0.4, 0.5) is 5.69 Å². The van der Waals surface area contributed by atoms with Crippen LogP contribution in [0.2, 0.25) is 5.02 Å². The number of anilines is 1. The van der Waals surface area contributed by atoms with Crippen molar-refractivity contribution < 1.29 is 0 Å². The quantitative estimate of drug-likeness (QED) is 0.854. The molecule has 0 unspecified atom stereocenters. The van der Waals surface area contributed by atoms with Crippen molar-refractivity contribution in [2.45, 2.75) is 39.2 Å². The summed E-state index contributed by atoms with van der Waals surface area (Å²) >= 11 is 6.10. The van der Waals surface area contributed by atoms with E-state index in [1.807, 2.05) is 6.07 Å². The van der Waals surface area contributed by atoms with Gasteiger partial charge in [-0.15, -0.1) is 0 Å². The van der Waals surface area contributed by atoms with E-state index in [0.717, 1.165) is 23.9 Å². The van der Waals surface area contributed by atoms with Gasteiger partial charge >= 0.3 is 0 Å². The summed E-state index contributed by atoms with van der Waals surface area (Å²) < 4.78 is 0. The first-order valence-corrected chi connectivity index (χ1v) is 7.24. The molecule has 2 rings (SSSR count). The second-order valence-electron chi connectivity index (χ2n) is 5.50. The first kappa shape index (κ1) is 13.7. The molecule has 0 aromatic heterocycles. The van der Waals surface area contributed by atoms with Crippen LogP contribution in [0.25, 0.3) is 0 Å². The van der Waals surface area contributed by atoms with E-state index >= 15 is 0 Å². The Morgan fingerprint density at radius 1 is 1.39 bits per heavy atom. The van der Waals surface area contributed by atoms with Crippen molar-refractivity contribution in [2.75, 3.05) is 18.0 Å². The number of rotatable bonds is 6. The molecule has 1 fully saturated rings. The summed E-state index contributed by atoms with van der Waals surface area (Å²) in [7, 11) is 0. The van der Waals surface area contributed by atoms with E-state index in [1.54, 1.807) is 0 Å². The summed E-state index contributed by atoms with van der Waals surface area (Å²) in [5, 5.41) is 0.803. The fraction of sp³-hybridized carbons (Fsp3) is 0.600. The van der Waals surface area contributed by atoms with Gasteiger partial charge in [-0.25, -0.2) is 0 Å². The third-order valence-corrected chi connectivity index (χ3v) is 3.77. The molecule has 0 aliphatic heterocycles. The molecule has 0 heterocycles. The molecule has 1 aromatic rings. The molecule has 2 N–H and O–H groups in total. The lowest BCUT2D eigenvalue weighted by molar-refractivity contribution is 0.641. The van der Waals surface area contributed by atoms with Crippen LogP contribution in [0, 0.1) is 5.92 Å². The summed E-state index contributed by atoms with van der Waals surface area (Å²) in [5.74, 6) is 0.883. The average molecular weight is 267 g/mol. The molecule has 1 aliphatic rings. The second kappa shape index (κ2) is 5.94. The van der Waals surface area contributed by atoms with E-state index in [9.17, 15) is 0 Å². The van der Waals surface area contributed by atoms with Gasteiger partial charge in [0.2, 0.25) is 0 Å². The Morgan fingerprint density at radius 3 is 2.67 bits per heavy atom. The first-order chi connectivity index (χ1) is 8.61. The predicted molar refractivity (Wildman–Crippen MR) is 79.4 cm³/mol. The highest BCUT2D eigenvalue weighted by Crippen LogP contribution is 2.34. The minimum Gasteiger partial charge on any atom is -0.369 e. The molecule has 0 amide bonds. The summed E-state index contributed by atoms with van der Waals surface area (Å²) in [6, 6.07) is 6.71. The van der Waals surface area contributed by atoms with Crippen molar-refractivity contribution in [1.29, 1.82) is 0 Å². The monoisotopic (exact) mass is 266 g/mol. The van der Waals surface area contributed by atoms with Gasteiger partial charge in [0.15, 0.2) is 0 Å². The summed E-state index contributed by atoms with van der Waals surface area (Å²) in [6.07, 6.45) is 3.65. The van der Waals surface area contributed by atoms with Crippen molar-refractivity contribution in [3.8, 4) is 0 Å². The topological polar surface area (TPSA) is 29.3 Å². The van der Waals surface area contributed by atoms with Gasteiger partial charge in [0, 0.05) is 23.3 Å². The third-order valence-electron chi connectivity index (χ3n) is 3.54. The zero-order valence-electron chi connectivity index (χ0n) is 11.3. The standard InChI is InChI=1S/C15H23ClN2/c1-11(2)18(10-12-3-4-12)15-6-5-14(16)9-13(15)7-8-17/h5-6,9,11-12H,3-4,7-8,10,17H2,1-2H3. The maximum atomic E-state index is 6.10. The van der Waals surface area contributed by atoms with Crippen molar-refractivity contribution in [2.24, 2.45) is 11.7 Å². The van der Waals surface area contributed by atoms with Gasteiger partial charge in [-0.3, -0.25) is 0 Å². The Labute approximate surface area is 115 Å². The van der Waals surface area contributed by atoms with E-state index < -0.39 is 0 Å². The van der Waals surface area contributed by atoms with E-state index in [4.69, 9.17) is 17.3 Å². The van der Waals surface area contributed by atoms with Crippen LogP contribution in [-0.2, 0) is 6.42 Å². The number of halogens is 1. The zero-order chi connectivity index (χ0) is 13.1. The van der Waals surface area contributed by atoms with Crippen molar-refractivity contribution in [1.82, 2.24) is 0 Å². The van der Waals surface area contributed by atoms with E-state index in [0.29, 0.717) is 12.6 Å². The highest BCUT2D eigenvalue weighted by molar-refractivity contribution is 6.30. The van der Waals surface area contributed by atoms with Gasteiger partial charge in [-0.2, -0.15) is 0 Å². The largest absolute Gasteiger partial charge is 0.369 e. The van der Waals surface area contributed by atoms with E-state index in [2.05, 4.69) is 30.9 Å². The van der Waals surface area contributed by atoms with Crippen molar-refractivity contribution in [3.63, 3.8) is 0 Å². The molecule has 2 nitrogen and oxygen atoms in total. The van der Waals surface area contributed by atoms with Crippen LogP contribution in [-0.4, -0.2) is 19.1 Å². The molecule has 100 valence electrons. The number of nitrogens with zero attached hydrogens (tertiary/aromatic N) is 1. The molecule has 18 heavy (non-hydrogen) atoms. The highest BCUT2D eigenvalue weighted by Gasteiger charge is 2.26. The molecule has 0 saturated heterocycles. The van der Waals surface area contributed by atoms with Crippen LogP contribution in [0.5, 0.6) is 0 Å². The van der Waals surface area contributed by atoms with Crippen molar-refractivity contribution >= 4 is 17.3 Å². The van der Waals surface area contributed by atoms with E-state index in [1.165, 1.54) is 24.1 Å². The van der Waals surface area contributed by atoms with Crippen LogP contribution >= 0.6 is 11.6 Å². The lowest BCUT2D eigenvalue weighted by Gasteiger charge is -2.31. The fourth-order valence-corrected chi connectivity index (χ4v) is 2.55. The number of hydrogen-bond acceptors (Lipinski definition) is 2. The average Bonchev–Trinajstić information content (AvgIpc) is 3.11. The number of hydrogen-bond donors (Lipinski definition) is 1. The minimum atomic E-state index is 0.517.